The van der Waals surface area contributed by atoms with E-state index in [0.717, 1.165) is 18.5 Å². The van der Waals surface area contributed by atoms with E-state index in [1.807, 2.05) is 18.2 Å². The number of phenolic OH excluding ortho intramolecular Hbond substituents is 1. The molecule has 1 aromatic carbocycles. The van der Waals surface area contributed by atoms with Gasteiger partial charge in [0.2, 0.25) is 0 Å². The highest BCUT2D eigenvalue weighted by Crippen LogP contribution is 2.17. The van der Waals surface area contributed by atoms with Gasteiger partial charge in [-0.2, -0.15) is 0 Å². The Morgan fingerprint density at radius 3 is 2.53 bits per heavy atom. The van der Waals surface area contributed by atoms with E-state index in [1.165, 1.54) is 0 Å². The Bertz CT molecular complexity index is 283. The second-order valence-corrected chi connectivity index (χ2v) is 3.63. The molecule has 0 saturated carbocycles. The number of phenols is 1. The molecule has 0 saturated heterocycles. The Morgan fingerprint density at radius 1 is 1.20 bits per heavy atom. The molecule has 0 bridgehead atoms. The van der Waals surface area contributed by atoms with Crippen LogP contribution in [-0.4, -0.2) is 34.8 Å². The van der Waals surface area contributed by atoms with Crippen LogP contribution < -0.4 is 0 Å². The molecule has 0 heterocycles. The number of hydrogen-bond acceptors (Lipinski definition) is 3. The highest BCUT2D eigenvalue weighted by molar-refractivity contribution is 5.31. The van der Waals surface area contributed by atoms with Gasteiger partial charge in [-0.25, -0.2) is 0 Å². The quantitative estimate of drug-likeness (QED) is 0.748. The zero-order valence-corrected chi connectivity index (χ0v) is 9.19. The average molecular weight is 209 g/mol. The first kappa shape index (κ1) is 12.0. The lowest BCUT2D eigenvalue weighted by Crippen LogP contribution is -2.27. The van der Waals surface area contributed by atoms with Gasteiger partial charge in [0.25, 0.3) is 0 Å². The highest BCUT2D eigenvalue weighted by Gasteiger charge is 2.06. The minimum absolute atomic E-state index is 0.160. The molecule has 1 aromatic rings. The molecule has 0 aromatic heterocycles. The Labute approximate surface area is 91.0 Å². The van der Waals surface area contributed by atoms with Gasteiger partial charge >= 0.3 is 0 Å². The summed E-state index contributed by atoms with van der Waals surface area (Å²) in [6.07, 6.45) is 1.05. The van der Waals surface area contributed by atoms with E-state index in [4.69, 9.17) is 5.11 Å². The maximum absolute atomic E-state index is 9.61. The summed E-state index contributed by atoms with van der Waals surface area (Å²) >= 11 is 0. The van der Waals surface area contributed by atoms with Gasteiger partial charge in [-0.05, 0) is 19.0 Å². The number of para-hydroxylation sites is 1. The number of aliphatic hydroxyl groups excluding tert-OH is 1. The average Bonchev–Trinajstić information content (AvgIpc) is 2.22. The first-order chi connectivity index (χ1) is 7.27. The SMILES string of the molecule is CCCN(CCO)Cc1ccccc1O. The first-order valence-corrected chi connectivity index (χ1v) is 5.38. The second kappa shape index (κ2) is 6.43. The predicted molar refractivity (Wildman–Crippen MR) is 60.8 cm³/mol. The summed E-state index contributed by atoms with van der Waals surface area (Å²) in [7, 11) is 0. The van der Waals surface area contributed by atoms with E-state index in [-0.39, 0.29) is 6.61 Å². The zero-order chi connectivity index (χ0) is 11.1. The molecule has 0 aliphatic heterocycles. The van der Waals surface area contributed by atoms with Gasteiger partial charge in [-0.3, -0.25) is 4.90 Å². The van der Waals surface area contributed by atoms with Gasteiger partial charge in [0.15, 0.2) is 0 Å². The number of rotatable bonds is 6. The summed E-state index contributed by atoms with van der Waals surface area (Å²) in [6, 6.07) is 7.33. The molecule has 3 nitrogen and oxygen atoms in total. The van der Waals surface area contributed by atoms with E-state index in [9.17, 15) is 5.11 Å². The van der Waals surface area contributed by atoms with Crippen LogP contribution in [0.2, 0.25) is 0 Å². The zero-order valence-electron chi connectivity index (χ0n) is 9.19. The fourth-order valence-electron chi connectivity index (χ4n) is 1.61. The topological polar surface area (TPSA) is 43.7 Å². The van der Waals surface area contributed by atoms with Crippen LogP contribution in [0.3, 0.4) is 0 Å². The summed E-state index contributed by atoms with van der Waals surface area (Å²) in [5.74, 6) is 0.330. The highest BCUT2D eigenvalue weighted by atomic mass is 16.3. The lowest BCUT2D eigenvalue weighted by Gasteiger charge is -2.20. The Hall–Kier alpha value is -1.06. The monoisotopic (exact) mass is 209 g/mol. The summed E-state index contributed by atoms with van der Waals surface area (Å²) in [5.41, 5.74) is 0.916. The minimum Gasteiger partial charge on any atom is -0.508 e. The standard InChI is InChI=1S/C12H19NO2/c1-2-7-13(8-9-14)10-11-5-3-4-6-12(11)15/h3-6,14-15H,2,7-10H2,1H3. The van der Waals surface area contributed by atoms with Crippen molar-refractivity contribution in [3.8, 4) is 5.75 Å². The molecule has 15 heavy (non-hydrogen) atoms. The van der Waals surface area contributed by atoms with E-state index in [2.05, 4.69) is 11.8 Å². The lowest BCUT2D eigenvalue weighted by molar-refractivity contribution is 0.189. The number of aliphatic hydroxyl groups is 1. The van der Waals surface area contributed by atoms with Crippen LogP contribution in [0.15, 0.2) is 24.3 Å². The van der Waals surface area contributed by atoms with Crippen LogP contribution in [0.4, 0.5) is 0 Å². The molecule has 0 unspecified atom stereocenters. The normalized spacial score (nSPS) is 10.9. The van der Waals surface area contributed by atoms with Crippen molar-refractivity contribution in [2.24, 2.45) is 0 Å². The van der Waals surface area contributed by atoms with Crippen LogP contribution in [-0.2, 0) is 6.54 Å². The second-order valence-electron chi connectivity index (χ2n) is 3.63. The van der Waals surface area contributed by atoms with Crippen LogP contribution in [0.5, 0.6) is 5.75 Å². The van der Waals surface area contributed by atoms with Gasteiger partial charge in [0.1, 0.15) is 5.75 Å². The Kier molecular flexibility index (Phi) is 5.15. The minimum atomic E-state index is 0.160. The molecule has 0 aliphatic rings. The van der Waals surface area contributed by atoms with Crippen molar-refractivity contribution < 1.29 is 10.2 Å². The van der Waals surface area contributed by atoms with Crippen molar-refractivity contribution in [2.45, 2.75) is 19.9 Å². The molecule has 1 rings (SSSR count). The van der Waals surface area contributed by atoms with E-state index in [0.29, 0.717) is 18.8 Å². The molecule has 84 valence electrons. The molecule has 0 atom stereocenters. The van der Waals surface area contributed by atoms with Gasteiger partial charge in [0.05, 0.1) is 6.61 Å². The van der Waals surface area contributed by atoms with E-state index in [1.54, 1.807) is 6.07 Å². The third-order valence-corrected chi connectivity index (χ3v) is 2.34. The maximum Gasteiger partial charge on any atom is 0.120 e. The van der Waals surface area contributed by atoms with Crippen molar-refractivity contribution >= 4 is 0 Å². The number of aromatic hydroxyl groups is 1. The van der Waals surface area contributed by atoms with E-state index >= 15 is 0 Å². The number of benzene rings is 1. The van der Waals surface area contributed by atoms with Crippen molar-refractivity contribution in [2.75, 3.05) is 19.7 Å². The van der Waals surface area contributed by atoms with Crippen molar-refractivity contribution in [1.29, 1.82) is 0 Å². The van der Waals surface area contributed by atoms with Gasteiger partial charge in [-0.15, -0.1) is 0 Å². The van der Waals surface area contributed by atoms with Gasteiger partial charge < -0.3 is 10.2 Å². The van der Waals surface area contributed by atoms with Crippen LogP contribution in [0, 0.1) is 0 Å². The largest absolute Gasteiger partial charge is 0.508 e. The molecule has 0 aliphatic carbocycles. The maximum atomic E-state index is 9.61. The van der Waals surface area contributed by atoms with Gasteiger partial charge in [0, 0.05) is 18.7 Å². The summed E-state index contributed by atoms with van der Waals surface area (Å²) < 4.78 is 0. The molecule has 2 N–H and O–H groups in total. The van der Waals surface area contributed by atoms with Gasteiger partial charge in [-0.1, -0.05) is 25.1 Å². The fraction of sp³-hybridized carbons (Fsp3) is 0.500. The smallest absolute Gasteiger partial charge is 0.120 e. The Balaban J connectivity index is 2.60. The Morgan fingerprint density at radius 2 is 1.93 bits per heavy atom. The number of nitrogens with zero attached hydrogens (tertiary/aromatic N) is 1. The summed E-state index contributed by atoms with van der Waals surface area (Å²) in [6.45, 7) is 4.56. The van der Waals surface area contributed by atoms with Crippen molar-refractivity contribution in [3.05, 3.63) is 29.8 Å². The van der Waals surface area contributed by atoms with Crippen molar-refractivity contribution in [1.82, 2.24) is 4.90 Å². The van der Waals surface area contributed by atoms with Crippen molar-refractivity contribution in [3.63, 3.8) is 0 Å². The molecule has 0 radical (unpaired) electrons. The molecular formula is C12H19NO2. The molecule has 0 amide bonds. The third kappa shape index (κ3) is 3.90. The molecule has 0 spiro atoms. The lowest BCUT2D eigenvalue weighted by atomic mass is 10.2. The number of hydrogen-bond donors (Lipinski definition) is 2. The predicted octanol–water partition coefficient (Wildman–Crippen LogP) is 1.60. The summed E-state index contributed by atoms with van der Waals surface area (Å²) in [4.78, 5) is 2.13. The van der Waals surface area contributed by atoms with Crippen LogP contribution >= 0.6 is 0 Å². The van der Waals surface area contributed by atoms with Crippen LogP contribution in [0.25, 0.3) is 0 Å². The first-order valence-electron chi connectivity index (χ1n) is 5.38. The molecule has 3 heteroatoms. The molecular weight excluding hydrogens is 190 g/mol. The van der Waals surface area contributed by atoms with E-state index < -0.39 is 0 Å². The van der Waals surface area contributed by atoms with Crippen LogP contribution in [0.1, 0.15) is 18.9 Å². The summed E-state index contributed by atoms with van der Waals surface area (Å²) in [5, 5.41) is 18.5. The fourth-order valence-corrected chi connectivity index (χ4v) is 1.61. The third-order valence-electron chi connectivity index (χ3n) is 2.34. The molecule has 0 fully saturated rings.